The van der Waals surface area contributed by atoms with Crippen molar-refractivity contribution >= 4 is 28.7 Å². The number of hydrogen-bond acceptors (Lipinski definition) is 4. The summed E-state index contributed by atoms with van der Waals surface area (Å²) >= 11 is 5.35. The van der Waals surface area contributed by atoms with E-state index in [9.17, 15) is 10.1 Å². The number of rotatable bonds is 5. The molecule has 2 aromatic carbocycles. The predicted octanol–water partition coefficient (Wildman–Crippen LogP) is 3.16. The van der Waals surface area contributed by atoms with E-state index in [1.807, 2.05) is 6.07 Å². The topological polar surface area (TPSA) is 70.4 Å². The lowest BCUT2D eigenvalue weighted by Gasteiger charge is -2.18. The van der Waals surface area contributed by atoms with E-state index in [2.05, 4.69) is 39.8 Å². The van der Waals surface area contributed by atoms with Gasteiger partial charge < -0.3 is 10.6 Å². The van der Waals surface area contributed by atoms with Crippen LogP contribution in [-0.4, -0.2) is 34.1 Å². The van der Waals surface area contributed by atoms with Gasteiger partial charge in [0, 0.05) is 43.5 Å². The molecule has 7 heteroatoms. The largest absolute Gasteiger partial charge is 0.358 e. The summed E-state index contributed by atoms with van der Waals surface area (Å²) in [7, 11) is 0. The smallest absolute Gasteiger partial charge is 0.269 e. The normalized spacial score (nSPS) is 17.2. The molecule has 0 spiro atoms. The molecule has 25 heavy (non-hydrogen) atoms. The molecule has 1 saturated heterocycles. The van der Waals surface area contributed by atoms with E-state index in [0.29, 0.717) is 11.2 Å². The van der Waals surface area contributed by atoms with Crippen LogP contribution in [0.1, 0.15) is 12.0 Å². The molecule has 0 unspecified atom stereocenters. The van der Waals surface area contributed by atoms with Gasteiger partial charge in [0.1, 0.15) is 0 Å². The van der Waals surface area contributed by atoms with Crippen LogP contribution in [0.25, 0.3) is 0 Å². The molecule has 6 nitrogen and oxygen atoms in total. The number of nitrogens with one attached hydrogen (secondary N) is 2. The predicted molar refractivity (Wildman–Crippen MR) is 103 cm³/mol. The molecule has 3 rings (SSSR count). The average molecular weight is 356 g/mol. The lowest BCUT2D eigenvalue weighted by atomic mass is 10.2. The average Bonchev–Trinajstić information content (AvgIpc) is 3.03. The van der Waals surface area contributed by atoms with Crippen molar-refractivity contribution < 1.29 is 4.92 Å². The fourth-order valence-corrected chi connectivity index (χ4v) is 3.24. The lowest BCUT2D eigenvalue weighted by molar-refractivity contribution is -0.384. The van der Waals surface area contributed by atoms with Crippen LogP contribution in [0.2, 0.25) is 0 Å². The number of nitro benzene ring substituents is 1. The Bertz CT molecular complexity index is 737. The fraction of sp³-hybridized carbons (Fsp3) is 0.278. The summed E-state index contributed by atoms with van der Waals surface area (Å²) in [5.74, 6) is 0. The van der Waals surface area contributed by atoms with E-state index < -0.39 is 4.92 Å². The first-order valence-electron chi connectivity index (χ1n) is 8.18. The number of benzene rings is 2. The van der Waals surface area contributed by atoms with Crippen LogP contribution in [0.15, 0.2) is 54.6 Å². The summed E-state index contributed by atoms with van der Waals surface area (Å²) in [5.41, 5.74) is 2.12. The Balaban J connectivity index is 1.46. The number of thiocarbonyl (C=S) groups is 1. The summed E-state index contributed by atoms with van der Waals surface area (Å²) in [4.78, 5) is 12.7. The zero-order chi connectivity index (χ0) is 17.6. The number of nitrogens with zero attached hydrogens (tertiary/aromatic N) is 2. The molecule has 0 radical (unpaired) electrons. The van der Waals surface area contributed by atoms with E-state index in [1.165, 1.54) is 17.7 Å². The first kappa shape index (κ1) is 17.3. The summed E-state index contributed by atoms with van der Waals surface area (Å²) in [6, 6.07) is 17.0. The molecule has 0 aromatic heterocycles. The minimum Gasteiger partial charge on any atom is -0.358 e. The molecule has 1 heterocycles. The first-order chi connectivity index (χ1) is 12.1. The van der Waals surface area contributed by atoms with Crippen molar-refractivity contribution in [2.45, 2.75) is 19.0 Å². The second-order valence-corrected chi connectivity index (χ2v) is 6.52. The number of non-ortho nitro benzene ring substituents is 1. The molecule has 2 N–H and O–H groups in total. The number of likely N-dealkylation sites (tertiary alicyclic amines) is 1. The molecule has 0 saturated carbocycles. The number of nitro groups is 1. The molecule has 0 bridgehead atoms. The third-order valence-corrected chi connectivity index (χ3v) is 4.41. The van der Waals surface area contributed by atoms with Gasteiger partial charge in [-0.25, -0.2) is 0 Å². The number of hydrogen-bond donors (Lipinski definition) is 2. The zero-order valence-electron chi connectivity index (χ0n) is 13.7. The maximum absolute atomic E-state index is 10.7. The molecule has 1 aliphatic rings. The molecule has 1 atom stereocenters. The van der Waals surface area contributed by atoms with Crippen LogP contribution < -0.4 is 10.6 Å². The Labute approximate surface area is 152 Å². The van der Waals surface area contributed by atoms with Crippen LogP contribution >= 0.6 is 12.2 Å². The second kappa shape index (κ2) is 8.04. The van der Waals surface area contributed by atoms with Gasteiger partial charge in [0.05, 0.1) is 4.92 Å². The van der Waals surface area contributed by atoms with E-state index >= 15 is 0 Å². The van der Waals surface area contributed by atoms with Crippen LogP contribution in [0.4, 0.5) is 11.4 Å². The van der Waals surface area contributed by atoms with E-state index in [0.717, 1.165) is 31.7 Å². The zero-order valence-corrected chi connectivity index (χ0v) is 14.5. The molecular weight excluding hydrogens is 336 g/mol. The molecule has 130 valence electrons. The third kappa shape index (κ3) is 4.98. The van der Waals surface area contributed by atoms with Gasteiger partial charge in [0.15, 0.2) is 5.11 Å². The van der Waals surface area contributed by atoms with Crippen molar-refractivity contribution in [2.75, 3.05) is 18.4 Å². The van der Waals surface area contributed by atoms with Crippen LogP contribution in [-0.2, 0) is 6.54 Å². The molecular formula is C18H20N4O2S. The SMILES string of the molecule is O=[N+]([O-])c1ccc(NC(=S)N[C@H]2CCN(Cc3ccccc3)C2)cc1. The van der Waals surface area contributed by atoms with Gasteiger partial charge in [-0.15, -0.1) is 0 Å². The Morgan fingerprint density at radius 2 is 1.92 bits per heavy atom. The van der Waals surface area contributed by atoms with Crippen molar-refractivity contribution in [1.29, 1.82) is 0 Å². The second-order valence-electron chi connectivity index (χ2n) is 6.11. The van der Waals surface area contributed by atoms with Crippen LogP contribution in [0.5, 0.6) is 0 Å². The van der Waals surface area contributed by atoms with Crippen LogP contribution in [0.3, 0.4) is 0 Å². The molecule has 2 aromatic rings. The monoisotopic (exact) mass is 356 g/mol. The first-order valence-corrected chi connectivity index (χ1v) is 8.59. The standard InChI is InChI=1S/C18H20N4O2S/c23-22(24)17-8-6-15(7-9-17)19-18(25)20-16-10-11-21(13-16)12-14-4-2-1-3-5-14/h1-9,16H,10-13H2,(H2,19,20,25)/t16-/m0/s1. The van der Waals surface area contributed by atoms with Gasteiger partial charge in [0.2, 0.25) is 0 Å². The minimum absolute atomic E-state index is 0.0665. The van der Waals surface area contributed by atoms with Gasteiger partial charge in [-0.1, -0.05) is 30.3 Å². The van der Waals surface area contributed by atoms with Crippen molar-refractivity contribution in [2.24, 2.45) is 0 Å². The molecule has 0 aliphatic carbocycles. The van der Waals surface area contributed by atoms with Crippen molar-refractivity contribution in [1.82, 2.24) is 10.2 Å². The Morgan fingerprint density at radius 3 is 2.60 bits per heavy atom. The molecule has 0 amide bonds. The van der Waals surface area contributed by atoms with Gasteiger partial charge in [-0.2, -0.15) is 0 Å². The van der Waals surface area contributed by atoms with E-state index in [1.54, 1.807) is 12.1 Å². The highest BCUT2D eigenvalue weighted by atomic mass is 32.1. The van der Waals surface area contributed by atoms with Gasteiger partial charge in [-0.3, -0.25) is 15.0 Å². The molecule has 1 fully saturated rings. The minimum atomic E-state index is -0.416. The van der Waals surface area contributed by atoms with Crippen LogP contribution in [0, 0.1) is 10.1 Å². The third-order valence-electron chi connectivity index (χ3n) is 4.19. The summed E-state index contributed by atoms with van der Waals surface area (Å²) in [6.45, 7) is 2.92. The lowest BCUT2D eigenvalue weighted by Crippen LogP contribution is -2.39. The number of anilines is 1. The van der Waals surface area contributed by atoms with Gasteiger partial charge in [0.25, 0.3) is 5.69 Å². The van der Waals surface area contributed by atoms with E-state index in [-0.39, 0.29) is 5.69 Å². The maximum atomic E-state index is 10.7. The van der Waals surface area contributed by atoms with Gasteiger partial charge >= 0.3 is 0 Å². The maximum Gasteiger partial charge on any atom is 0.269 e. The Hall–Kier alpha value is -2.51. The van der Waals surface area contributed by atoms with Crippen molar-refractivity contribution in [3.8, 4) is 0 Å². The van der Waals surface area contributed by atoms with Gasteiger partial charge in [-0.05, 0) is 36.3 Å². The summed E-state index contributed by atoms with van der Waals surface area (Å²) in [5, 5.41) is 17.6. The quantitative estimate of drug-likeness (QED) is 0.487. The highest BCUT2D eigenvalue weighted by Crippen LogP contribution is 2.16. The highest BCUT2D eigenvalue weighted by molar-refractivity contribution is 7.80. The summed E-state index contributed by atoms with van der Waals surface area (Å²) < 4.78 is 0. The fourth-order valence-electron chi connectivity index (χ4n) is 2.95. The Morgan fingerprint density at radius 1 is 1.20 bits per heavy atom. The molecule has 1 aliphatic heterocycles. The highest BCUT2D eigenvalue weighted by Gasteiger charge is 2.22. The Kier molecular flexibility index (Phi) is 5.57. The van der Waals surface area contributed by atoms with E-state index in [4.69, 9.17) is 12.2 Å². The summed E-state index contributed by atoms with van der Waals surface area (Å²) in [6.07, 6.45) is 1.04. The van der Waals surface area contributed by atoms with Crippen molar-refractivity contribution in [3.63, 3.8) is 0 Å². The van der Waals surface area contributed by atoms with Crippen molar-refractivity contribution in [3.05, 3.63) is 70.3 Å².